The molecule has 1 heterocycles. The summed E-state index contributed by atoms with van der Waals surface area (Å²) in [7, 11) is 1.88. The molecule has 4 N–H and O–H groups in total. The van der Waals surface area contributed by atoms with E-state index in [2.05, 4.69) is 17.4 Å². The van der Waals surface area contributed by atoms with Crippen molar-refractivity contribution in [1.29, 1.82) is 0 Å². The fraction of sp³-hybridized carbons (Fsp3) is 0.182. The van der Waals surface area contributed by atoms with Crippen molar-refractivity contribution in [2.45, 2.75) is 18.4 Å². The van der Waals surface area contributed by atoms with E-state index in [-0.39, 0.29) is 24.7 Å². The van der Waals surface area contributed by atoms with Crippen LogP contribution in [0.5, 0.6) is 0 Å². The molecule has 0 amide bonds. The molecule has 0 aliphatic rings. The predicted octanol–water partition coefficient (Wildman–Crippen LogP) is 5.18. The number of fused-ring (bicyclic) bond motifs is 1. The highest BCUT2D eigenvalue weighted by atomic mass is 32.2. The fourth-order valence-electron chi connectivity index (χ4n) is 3.41. The first kappa shape index (κ1) is 20.2. The monoisotopic (exact) mass is 397 g/mol. The summed E-state index contributed by atoms with van der Waals surface area (Å²) in [4.78, 5) is 1.08. The lowest BCUT2D eigenvalue weighted by molar-refractivity contribution is 0.514. The van der Waals surface area contributed by atoms with Gasteiger partial charge in [-0.2, -0.15) is 0 Å². The Morgan fingerprint density at radius 2 is 2.11 bits per heavy atom. The largest absolute Gasteiger partial charge is 0.508 e. The van der Waals surface area contributed by atoms with Crippen LogP contribution in [0.15, 0.2) is 65.8 Å². The maximum absolute atomic E-state index is 14.3. The molecule has 3 rings (SSSR count). The van der Waals surface area contributed by atoms with Gasteiger partial charge in [-0.1, -0.05) is 18.7 Å². The molecule has 0 bridgehead atoms. The quantitative estimate of drug-likeness (QED) is 0.379. The van der Waals surface area contributed by atoms with E-state index in [1.807, 2.05) is 48.9 Å². The summed E-state index contributed by atoms with van der Waals surface area (Å²) in [6.07, 6.45) is 1.39. The third-order valence-electron chi connectivity index (χ3n) is 4.65. The fourth-order valence-corrected chi connectivity index (χ4v) is 3.97. The molecule has 146 valence electrons. The highest BCUT2D eigenvalue weighted by Crippen LogP contribution is 2.37. The average molecular weight is 398 g/mol. The average Bonchev–Trinajstić information content (AvgIpc) is 2.93. The van der Waals surface area contributed by atoms with E-state index in [1.54, 1.807) is 6.07 Å². The van der Waals surface area contributed by atoms with Gasteiger partial charge in [-0.25, -0.2) is 4.39 Å². The molecule has 0 fully saturated rings. The first-order chi connectivity index (χ1) is 13.5. The minimum absolute atomic E-state index is 0.00644. The summed E-state index contributed by atoms with van der Waals surface area (Å²) in [5.74, 6) is -0.267. The highest BCUT2D eigenvalue weighted by molar-refractivity contribution is 7.97. The van der Waals surface area contributed by atoms with Gasteiger partial charge in [-0.3, -0.25) is 4.72 Å². The summed E-state index contributed by atoms with van der Waals surface area (Å²) in [5, 5.41) is 10.8. The van der Waals surface area contributed by atoms with Crippen LogP contribution in [0.3, 0.4) is 0 Å². The van der Waals surface area contributed by atoms with Crippen molar-refractivity contribution < 1.29 is 9.50 Å². The number of rotatable bonds is 7. The van der Waals surface area contributed by atoms with Gasteiger partial charge in [0.2, 0.25) is 0 Å². The minimum Gasteiger partial charge on any atom is -0.508 e. The summed E-state index contributed by atoms with van der Waals surface area (Å²) in [6, 6.07) is 13.8. The molecule has 0 atom stereocenters. The third kappa shape index (κ3) is 3.99. The maximum atomic E-state index is 14.3. The van der Waals surface area contributed by atoms with Crippen molar-refractivity contribution in [3.8, 4) is 11.1 Å². The predicted molar refractivity (Wildman–Crippen MR) is 117 cm³/mol. The molecule has 0 saturated carbocycles. The lowest BCUT2D eigenvalue weighted by Gasteiger charge is -2.08. The smallest absolute Gasteiger partial charge is 0.117 e. The zero-order chi connectivity index (χ0) is 20.3. The van der Waals surface area contributed by atoms with Crippen LogP contribution in [0, 0.1) is 6.92 Å². The lowest BCUT2D eigenvalue weighted by atomic mass is 10.0. The van der Waals surface area contributed by atoms with Crippen molar-refractivity contribution in [2.75, 3.05) is 13.6 Å². The Morgan fingerprint density at radius 1 is 1.32 bits per heavy atom. The number of benzene rings is 2. The van der Waals surface area contributed by atoms with E-state index in [0.29, 0.717) is 5.56 Å². The Kier molecular flexibility index (Phi) is 6.24. The molecule has 0 radical (unpaired) electrons. The molecular formula is C22H24FN3OS. The number of halogens is 1. The van der Waals surface area contributed by atoms with Crippen molar-refractivity contribution in [1.82, 2.24) is 9.29 Å². The van der Waals surface area contributed by atoms with Crippen LogP contribution in [0.1, 0.15) is 11.3 Å². The van der Waals surface area contributed by atoms with E-state index in [4.69, 9.17) is 5.73 Å². The van der Waals surface area contributed by atoms with E-state index < -0.39 is 0 Å². The van der Waals surface area contributed by atoms with Crippen molar-refractivity contribution in [3.05, 3.63) is 72.2 Å². The summed E-state index contributed by atoms with van der Waals surface area (Å²) in [6.45, 7) is 5.89. The van der Waals surface area contributed by atoms with Crippen LogP contribution in [0.4, 0.5) is 4.39 Å². The minimum atomic E-state index is -0.274. The van der Waals surface area contributed by atoms with E-state index >= 15 is 0 Å². The number of hydrogen-bond donors (Lipinski definition) is 3. The number of nitrogens with two attached hydrogens (primary N) is 1. The van der Waals surface area contributed by atoms with Crippen molar-refractivity contribution >= 4 is 28.6 Å². The van der Waals surface area contributed by atoms with Gasteiger partial charge < -0.3 is 15.4 Å². The Bertz CT molecular complexity index is 1060. The van der Waals surface area contributed by atoms with Crippen LogP contribution < -0.4 is 10.5 Å². The molecule has 0 aliphatic carbocycles. The molecule has 0 saturated heterocycles. The van der Waals surface area contributed by atoms with Gasteiger partial charge in [0.05, 0.1) is 6.54 Å². The number of hydrogen-bond acceptors (Lipinski definition) is 4. The number of nitrogens with one attached hydrogen (secondary N) is 1. The summed E-state index contributed by atoms with van der Waals surface area (Å²) in [5.41, 5.74) is 9.98. The second kappa shape index (κ2) is 8.65. The molecule has 0 spiro atoms. The molecule has 0 unspecified atom stereocenters. The van der Waals surface area contributed by atoms with Crippen molar-refractivity contribution in [2.24, 2.45) is 5.73 Å². The number of aliphatic hydroxyl groups excluding tert-OH is 1. The Balaban J connectivity index is 2.26. The second-order valence-electron chi connectivity index (χ2n) is 6.45. The van der Waals surface area contributed by atoms with Crippen molar-refractivity contribution in [3.63, 3.8) is 0 Å². The summed E-state index contributed by atoms with van der Waals surface area (Å²) >= 11 is 1.53. The third-order valence-corrected chi connectivity index (χ3v) is 5.34. The molecule has 4 nitrogen and oxygen atoms in total. The zero-order valence-electron chi connectivity index (χ0n) is 16.0. The van der Waals surface area contributed by atoms with Crippen LogP contribution in [-0.4, -0.2) is 23.3 Å². The molecule has 1 aromatic heterocycles. The number of aliphatic hydroxyl groups is 1. The van der Waals surface area contributed by atoms with Gasteiger partial charge in [0.15, 0.2) is 0 Å². The van der Waals surface area contributed by atoms with E-state index in [9.17, 15) is 9.50 Å². The van der Waals surface area contributed by atoms with Gasteiger partial charge in [0.1, 0.15) is 11.6 Å². The molecule has 28 heavy (non-hydrogen) atoms. The van der Waals surface area contributed by atoms with Gasteiger partial charge >= 0.3 is 0 Å². The molecule has 3 aromatic rings. The normalized spacial score (nSPS) is 11.9. The molecule has 6 heteroatoms. The number of aromatic nitrogens is 1. The van der Waals surface area contributed by atoms with Crippen LogP contribution in [-0.2, 0) is 6.54 Å². The van der Waals surface area contributed by atoms with Gasteiger partial charge in [-0.15, -0.1) is 0 Å². The highest BCUT2D eigenvalue weighted by Gasteiger charge is 2.18. The topological polar surface area (TPSA) is 63.2 Å². The van der Waals surface area contributed by atoms with Crippen LogP contribution >= 0.6 is 11.9 Å². The lowest BCUT2D eigenvalue weighted by Crippen LogP contribution is -2.03. The SMILES string of the molecule is C=C(O)c1ccc2c(c1)c(-c1cccc(SNC)c1)c(C)n2C/C(F)=C/CN. The van der Waals surface area contributed by atoms with Gasteiger partial charge in [-0.05, 0) is 67.9 Å². The van der Waals surface area contributed by atoms with Crippen LogP contribution in [0.2, 0.25) is 0 Å². The van der Waals surface area contributed by atoms with Gasteiger partial charge in [0, 0.05) is 39.2 Å². The Morgan fingerprint density at radius 3 is 2.79 bits per heavy atom. The molecule has 0 aliphatic heterocycles. The summed E-state index contributed by atoms with van der Waals surface area (Å²) < 4.78 is 19.3. The maximum Gasteiger partial charge on any atom is 0.117 e. The van der Waals surface area contributed by atoms with Gasteiger partial charge in [0.25, 0.3) is 0 Å². The number of allylic oxidation sites excluding steroid dienone is 1. The molecule has 2 aromatic carbocycles. The van der Waals surface area contributed by atoms with E-state index in [0.717, 1.165) is 32.6 Å². The van der Waals surface area contributed by atoms with E-state index in [1.165, 1.54) is 18.0 Å². The first-order valence-corrected chi connectivity index (χ1v) is 9.77. The zero-order valence-corrected chi connectivity index (χ0v) is 16.8. The first-order valence-electron chi connectivity index (χ1n) is 8.96. The standard InChI is InChI=1S/C22H24FN3OS/c1-14-22(17-5-4-6-19(11-17)28-25-3)20-12-16(15(2)27)7-8-21(20)26(14)13-18(23)9-10-24/h4-9,11-12,25,27H,2,10,13,24H2,1,3H3/b18-9-. The molecular weight excluding hydrogens is 373 g/mol. The second-order valence-corrected chi connectivity index (χ2v) is 7.53. The Hall–Kier alpha value is -2.54. The van der Waals surface area contributed by atoms with Crippen LogP contribution in [0.25, 0.3) is 27.8 Å². The number of nitrogens with zero attached hydrogens (tertiary/aromatic N) is 1. The Labute approximate surface area is 168 Å².